The van der Waals surface area contributed by atoms with Crippen LogP contribution in [0.3, 0.4) is 0 Å². The minimum atomic E-state index is -0.801. The van der Waals surface area contributed by atoms with E-state index in [1.807, 2.05) is 24.3 Å². The lowest BCUT2D eigenvalue weighted by Gasteiger charge is -2.16. The molecule has 0 heterocycles. The molecule has 2 aromatic carbocycles. The summed E-state index contributed by atoms with van der Waals surface area (Å²) in [5, 5.41) is 2.95. The van der Waals surface area contributed by atoms with Gasteiger partial charge in [0, 0.05) is 10.9 Å². The molecule has 0 spiro atoms. The van der Waals surface area contributed by atoms with Crippen molar-refractivity contribution in [1.29, 1.82) is 0 Å². The summed E-state index contributed by atoms with van der Waals surface area (Å²) in [4.78, 5) is 23.8. The number of halogens is 2. The number of hydrogen-bond acceptors (Lipinski definition) is 2. The fraction of sp³-hybridized carbons (Fsp3) is 0.125. The second kappa shape index (κ2) is 7.42. The van der Waals surface area contributed by atoms with Crippen LogP contribution in [0.15, 0.2) is 53.0 Å². The van der Waals surface area contributed by atoms with Gasteiger partial charge in [0.1, 0.15) is 6.04 Å². The number of nitrogens with one attached hydrogen (secondary N) is 1. The Balaban J connectivity index is 2.12. The summed E-state index contributed by atoms with van der Waals surface area (Å²) in [7, 11) is 0. The molecule has 1 atom stereocenters. The van der Waals surface area contributed by atoms with Gasteiger partial charge in [0.25, 0.3) is 5.91 Å². The van der Waals surface area contributed by atoms with Gasteiger partial charge in [-0.2, -0.15) is 0 Å². The van der Waals surface area contributed by atoms with Gasteiger partial charge in [-0.15, -0.1) is 0 Å². The predicted octanol–water partition coefficient (Wildman–Crippen LogP) is 2.93. The number of hydrogen-bond donors (Lipinski definition) is 2. The average molecular weight is 382 g/mol. The minimum absolute atomic E-state index is 0.311. The lowest BCUT2D eigenvalue weighted by molar-refractivity contribution is -0.119. The molecule has 2 aromatic rings. The first kappa shape index (κ1) is 16.5. The Morgan fingerprint density at radius 1 is 1.14 bits per heavy atom. The monoisotopic (exact) mass is 380 g/mol. The Hall–Kier alpha value is -1.85. The molecule has 0 bridgehead atoms. The highest BCUT2D eigenvalue weighted by molar-refractivity contribution is 9.10. The molecular formula is C16H14BrClN2O2. The second-order valence-electron chi connectivity index (χ2n) is 4.74. The van der Waals surface area contributed by atoms with Crippen molar-refractivity contribution in [2.24, 2.45) is 5.73 Å². The molecule has 3 N–H and O–H groups in total. The highest BCUT2D eigenvalue weighted by Gasteiger charge is 2.20. The maximum atomic E-state index is 12.2. The summed E-state index contributed by atoms with van der Waals surface area (Å²) in [6.07, 6.45) is 0.318. The first-order chi connectivity index (χ1) is 10.5. The van der Waals surface area contributed by atoms with Crippen LogP contribution in [0.5, 0.6) is 0 Å². The Morgan fingerprint density at radius 2 is 1.77 bits per heavy atom. The first-order valence-corrected chi connectivity index (χ1v) is 7.73. The fourth-order valence-electron chi connectivity index (χ4n) is 1.96. The zero-order chi connectivity index (χ0) is 16.1. The van der Waals surface area contributed by atoms with Crippen molar-refractivity contribution in [3.8, 4) is 0 Å². The number of benzene rings is 2. The molecule has 22 heavy (non-hydrogen) atoms. The van der Waals surface area contributed by atoms with Crippen molar-refractivity contribution in [3.05, 3.63) is 69.2 Å². The van der Waals surface area contributed by atoms with E-state index < -0.39 is 17.9 Å². The van der Waals surface area contributed by atoms with Crippen molar-refractivity contribution in [2.75, 3.05) is 0 Å². The van der Waals surface area contributed by atoms with E-state index in [-0.39, 0.29) is 0 Å². The zero-order valence-corrected chi connectivity index (χ0v) is 13.9. The average Bonchev–Trinajstić information content (AvgIpc) is 2.49. The highest BCUT2D eigenvalue weighted by atomic mass is 79.9. The Morgan fingerprint density at radius 3 is 2.36 bits per heavy atom. The molecule has 0 fully saturated rings. The van der Waals surface area contributed by atoms with Gasteiger partial charge in [0.15, 0.2) is 0 Å². The normalized spacial score (nSPS) is 11.7. The molecule has 0 aliphatic heterocycles. The molecule has 0 aliphatic carbocycles. The Kier molecular flexibility index (Phi) is 5.57. The van der Waals surface area contributed by atoms with Crippen molar-refractivity contribution < 1.29 is 9.59 Å². The topological polar surface area (TPSA) is 72.2 Å². The molecule has 0 aliphatic rings. The van der Waals surface area contributed by atoms with Gasteiger partial charge in [-0.25, -0.2) is 0 Å². The van der Waals surface area contributed by atoms with E-state index >= 15 is 0 Å². The van der Waals surface area contributed by atoms with Gasteiger partial charge in [0.05, 0.1) is 10.6 Å². The molecule has 0 aromatic heterocycles. The number of carbonyl (C=O) groups excluding carboxylic acids is 2. The van der Waals surface area contributed by atoms with Gasteiger partial charge in [0.2, 0.25) is 5.91 Å². The van der Waals surface area contributed by atoms with E-state index in [1.54, 1.807) is 24.3 Å². The fourth-order valence-corrected chi connectivity index (χ4v) is 2.45. The zero-order valence-electron chi connectivity index (χ0n) is 11.6. The second-order valence-corrected chi connectivity index (χ2v) is 6.06. The minimum Gasteiger partial charge on any atom is -0.368 e. The van der Waals surface area contributed by atoms with Crippen molar-refractivity contribution in [3.63, 3.8) is 0 Å². The van der Waals surface area contributed by atoms with Crippen molar-refractivity contribution in [1.82, 2.24) is 5.32 Å². The molecule has 2 amide bonds. The van der Waals surface area contributed by atoms with Crippen molar-refractivity contribution in [2.45, 2.75) is 12.5 Å². The molecule has 2 rings (SSSR count). The van der Waals surface area contributed by atoms with Gasteiger partial charge in [-0.1, -0.05) is 51.8 Å². The SMILES string of the molecule is NC(=O)[C@H](Cc1ccc(Br)cc1)NC(=O)c1ccccc1Cl. The molecule has 0 unspecified atom stereocenters. The maximum absolute atomic E-state index is 12.2. The molecule has 114 valence electrons. The smallest absolute Gasteiger partial charge is 0.253 e. The highest BCUT2D eigenvalue weighted by Crippen LogP contribution is 2.16. The van der Waals surface area contributed by atoms with Crippen LogP contribution in [0.4, 0.5) is 0 Å². The molecule has 0 saturated heterocycles. The van der Waals surface area contributed by atoms with Crippen LogP contribution in [0.2, 0.25) is 5.02 Å². The van der Waals surface area contributed by atoms with Gasteiger partial charge in [-0.3, -0.25) is 9.59 Å². The van der Waals surface area contributed by atoms with Gasteiger partial charge < -0.3 is 11.1 Å². The number of primary amides is 1. The summed E-state index contributed by atoms with van der Waals surface area (Å²) >= 11 is 9.32. The van der Waals surface area contributed by atoms with Gasteiger partial charge in [-0.05, 0) is 29.8 Å². The molecular weight excluding hydrogens is 368 g/mol. The summed E-state index contributed by atoms with van der Waals surface area (Å²) in [5.74, 6) is -1.02. The van der Waals surface area contributed by atoms with E-state index in [9.17, 15) is 9.59 Å². The number of amides is 2. The molecule has 0 saturated carbocycles. The van der Waals surface area contributed by atoms with Gasteiger partial charge >= 0.3 is 0 Å². The van der Waals surface area contributed by atoms with Crippen LogP contribution in [0.25, 0.3) is 0 Å². The quantitative estimate of drug-likeness (QED) is 0.836. The summed E-state index contributed by atoms with van der Waals surface area (Å²) in [6.45, 7) is 0. The molecule has 4 nitrogen and oxygen atoms in total. The first-order valence-electron chi connectivity index (χ1n) is 6.56. The predicted molar refractivity (Wildman–Crippen MR) is 89.7 cm³/mol. The summed E-state index contributed by atoms with van der Waals surface area (Å²) in [5.41, 5.74) is 6.59. The van der Waals surface area contributed by atoms with E-state index in [1.165, 1.54) is 0 Å². The van der Waals surface area contributed by atoms with E-state index in [4.69, 9.17) is 17.3 Å². The van der Waals surface area contributed by atoms with Crippen LogP contribution in [0.1, 0.15) is 15.9 Å². The van der Waals surface area contributed by atoms with E-state index in [0.717, 1.165) is 10.0 Å². The van der Waals surface area contributed by atoms with Crippen LogP contribution in [0, 0.1) is 0 Å². The maximum Gasteiger partial charge on any atom is 0.253 e. The Bertz CT molecular complexity index is 689. The third-order valence-electron chi connectivity index (χ3n) is 3.12. The van der Waals surface area contributed by atoms with Crippen LogP contribution < -0.4 is 11.1 Å². The summed E-state index contributed by atoms with van der Waals surface area (Å²) in [6, 6.07) is 13.3. The van der Waals surface area contributed by atoms with Crippen LogP contribution in [-0.2, 0) is 11.2 Å². The van der Waals surface area contributed by atoms with Crippen LogP contribution >= 0.6 is 27.5 Å². The molecule has 0 radical (unpaired) electrons. The Labute approximate surface area is 141 Å². The lowest BCUT2D eigenvalue weighted by atomic mass is 10.0. The number of carbonyl (C=O) groups is 2. The largest absolute Gasteiger partial charge is 0.368 e. The van der Waals surface area contributed by atoms with Crippen molar-refractivity contribution >= 4 is 39.3 Å². The number of nitrogens with two attached hydrogens (primary N) is 1. The molecule has 6 heteroatoms. The number of rotatable bonds is 5. The third-order valence-corrected chi connectivity index (χ3v) is 3.98. The third kappa shape index (κ3) is 4.32. The van der Waals surface area contributed by atoms with E-state index in [0.29, 0.717) is 17.0 Å². The standard InChI is InChI=1S/C16H14BrClN2O2/c17-11-7-5-10(6-8-11)9-14(15(19)21)20-16(22)12-3-1-2-4-13(12)18/h1-8,14H,9H2,(H2,19,21)(H,20,22)/t14-/m0/s1. The summed E-state index contributed by atoms with van der Waals surface area (Å²) < 4.78 is 0.937. The van der Waals surface area contributed by atoms with E-state index in [2.05, 4.69) is 21.2 Å². The lowest BCUT2D eigenvalue weighted by Crippen LogP contribution is -2.45. The van der Waals surface area contributed by atoms with Crippen LogP contribution in [-0.4, -0.2) is 17.9 Å².